The van der Waals surface area contributed by atoms with Crippen LogP contribution in [0.2, 0.25) is 0 Å². The van der Waals surface area contributed by atoms with Crippen LogP contribution in [0.4, 0.5) is 0 Å². The summed E-state index contributed by atoms with van der Waals surface area (Å²) >= 11 is 0. The van der Waals surface area contributed by atoms with Gasteiger partial charge in [-0.1, -0.05) is 127 Å². The van der Waals surface area contributed by atoms with E-state index in [1.54, 1.807) is 71.3 Å². The summed E-state index contributed by atoms with van der Waals surface area (Å²) in [7, 11) is 0. The molecule has 0 fully saturated rings. The topological polar surface area (TPSA) is 17.8 Å². The molecule has 7 aromatic carbocycles. The number of aromatic nitrogens is 2. The first-order chi connectivity index (χ1) is 26.1. The molecule has 1 heterocycles. The van der Waals surface area contributed by atoms with Crippen molar-refractivity contribution in [1.29, 1.82) is 0 Å². The van der Waals surface area contributed by atoms with Gasteiger partial charge in [0.15, 0.2) is 0 Å². The Morgan fingerprint density at radius 1 is 0.571 bits per heavy atom. The molecule has 0 radical (unpaired) electrons. The van der Waals surface area contributed by atoms with Crippen molar-refractivity contribution in [2.45, 2.75) is 6.85 Å². The third-order valence-electron chi connectivity index (χ3n) is 7.54. The molecule has 0 unspecified atom stereocenters. The highest BCUT2D eigenvalue weighted by molar-refractivity contribution is 6.22. The molecule has 2 heteroatoms. The summed E-state index contributed by atoms with van der Waals surface area (Å²) in [4.78, 5) is 4.53. The van der Waals surface area contributed by atoms with E-state index in [-0.39, 0.29) is 28.1 Å². The van der Waals surface area contributed by atoms with Crippen molar-refractivity contribution in [2.75, 3.05) is 0 Å². The first-order valence-corrected chi connectivity index (χ1v) is 13.3. The number of hydrogen-bond donors (Lipinski definition) is 0. The molecule has 0 bridgehead atoms. The van der Waals surface area contributed by atoms with Gasteiger partial charge >= 0.3 is 0 Å². The lowest BCUT2D eigenvalue weighted by molar-refractivity contribution is 1.00. The first kappa shape index (κ1) is 14.4. The summed E-state index contributed by atoms with van der Waals surface area (Å²) in [5.74, 6) is -0.144. The molecule has 0 aliphatic heterocycles. The monoisotopic (exact) mass is 549 g/mol. The van der Waals surface area contributed by atoms with Crippen LogP contribution >= 0.6 is 0 Å². The van der Waals surface area contributed by atoms with E-state index in [9.17, 15) is 0 Å². The van der Waals surface area contributed by atoms with Gasteiger partial charge in [0.05, 0.1) is 30.4 Å². The molecule has 0 atom stereocenters. The minimum atomic E-state index is -2.60. The zero-order valence-electron chi connectivity index (χ0n) is 35.1. The average molecular weight is 550 g/mol. The number of hydrogen-bond acceptors (Lipinski definition) is 1. The van der Waals surface area contributed by atoms with Gasteiger partial charge in [-0.15, -0.1) is 0 Å². The van der Waals surface area contributed by atoms with Crippen molar-refractivity contribution in [3.63, 3.8) is 0 Å². The Bertz CT molecular complexity index is 2870. The van der Waals surface area contributed by atoms with Gasteiger partial charge in [-0.05, 0) is 80.5 Å². The summed E-state index contributed by atoms with van der Waals surface area (Å²) in [6.07, 6.45) is 0. The molecule has 2 nitrogen and oxygen atoms in total. The molecule has 8 aromatic rings. The quantitative estimate of drug-likeness (QED) is 0.200. The predicted molar refractivity (Wildman–Crippen MR) is 177 cm³/mol. The summed E-state index contributed by atoms with van der Waals surface area (Å²) in [5.41, 5.74) is 3.16. The molecule has 0 aliphatic rings. The number of imidazole rings is 1. The van der Waals surface area contributed by atoms with Crippen LogP contribution in [0.1, 0.15) is 23.6 Å². The van der Waals surface area contributed by atoms with E-state index in [1.807, 2.05) is 24.3 Å². The SMILES string of the molecule is [2H]c1c([2H])c([2H])c(-c2ccc3c(-c4ccccc4-n4c(C([2H])([2H])[2H])nc5ccccc54)c4ccccc4c(-c4c([2H])c([2H])c([2H])c([2H])c4[2H])c3c2)c([2H])c1[2H]. The van der Waals surface area contributed by atoms with Crippen LogP contribution in [0.3, 0.4) is 0 Å². The third kappa shape index (κ3) is 3.84. The lowest BCUT2D eigenvalue weighted by Crippen LogP contribution is -2.00. The molecule has 1 aromatic heterocycles. The van der Waals surface area contributed by atoms with E-state index in [4.69, 9.17) is 17.8 Å². The van der Waals surface area contributed by atoms with E-state index in [0.717, 1.165) is 0 Å². The van der Waals surface area contributed by atoms with Gasteiger partial charge in [0.25, 0.3) is 0 Å². The van der Waals surface area contributed by atoms with Crippen molar-refractivity contribution in [2.24, 2.45) is 0 Å². The Morgan fingerprint density at radius 2 is 1.21 bits per heavy atom. The van der Waals surface area contributed by atoms with Gasteiger partial charge in [0.2, 0.25) is 0 Å². The number of aryl methyl sites for hydroxylation is 1. The Morgan fingerprint density at radius 3 is 2.00 bits per heavy atom. The number of para-hydroxylation sites is 3. The predicted octanol–water partition coefficient (Wildman–Crippen LogP) is 10.6. The second-order valence-corrected chi connectivity index (χ2v) is 9.83. The molecule has 198 valence electrons. The van der Waals surface area contributed by atoms with Gasteiger partial charge < -0.3 is 0 Å². The normalized spacial score (nSPS) is 16.1. The summed E-state index contributed by atoms with van der Waals surface area (Å²) in [6, 6.07) is 21.6. The van der Waals surface area contributed by atoms with E-state index < -0.39 is 67.3 Å². The van der Waals surface area contributed by atoms with Gasteiger partial charge in [-0.2, -0.15) is 0 Å². The molecule has 0 aliphatic carbocycles. The Balaban J connectivity index is 1.58. The highest BCUT2D eigenvalue weighted by Crippen LogP contribution is 2.46. The van der Waals surface area contributed by atoms with Crippen LogP contribution < -0.4 is 0 Å². The van der Waals surface area contributed by atoms with Gasteiger partial charge in [0.1, 0.15) is 5.82 Å². The fourth-order valence-corrected chi connectivity index (χ4v) is 5.81. The highest BCUT2D eigenvalue weighted by Gasteiger charge is 2.20. The maximum absolute atomic E-state index is 9.03. The number of benzene rings is 7. The van der Waals surface area contributed by atoms with Crippen LogP contribution in [0.15, 0.2) is 151 Å². The largest absolute Gasteiger partial charge is 0.296 e. The van der Waals surface area contributed by atoms with E-state index in [0.29, 0.717) is 49.4 Å². The molecule has 0 saturated heterocycles. The summed E-state index contributed by atoms with van der Waals surface area (Å²) in [6.45, 7) is -2.60. The van der Waals surface area contributed by atoms with Crippen molar-refractivity contribution in [3.05, 3.63) is 157 Å². The Labute approximate surface area is 263 Å². The van der Waals surface area contributed by atoms with Crippen LogP contribution in [0, 0.1) is 6.85 Å². The molecule has 42 heavy (non-hydrogen) atoms. The minimum absolute atomic E-state index is 0.0674. The molecule has 8 rings (SSSR count). The van der Waals surface area contributed by atoms with E-state index >= 15 is 0 Å². The van der Waals surface area contributed by atoms with Crippen LogP contribution in [-0.4, -0.2) is 9.55 Å². The molecule has 0 saturated carbocycles. The number of fused-ring (bicyclic) bond motifs is 3. The molecule has 0 N–H and O–H groups in total. The highest BCUT2D eigenvalue weighted by atomic mass is 15.1. The van der Waals surface area contributed by atoms with E-state index in [1.165, 1.54) is 0 Å². The van der Waals surface area contributed by atoms with Crippen molar-refractivity contribution in [1.82, 2.24) is 9.55 Å². The number of rotatable bonds is 4. The van der Waals surface area contributed by atoms with Crippen LogP contribution in [-0.2, 0) is 0 Å². The maximum Gasteiger partial charge on any atom is 0.111 e. The summed E-state index contributed by atoms with van der Waals surface area (Å²) in [5, 5.41) is 2.03. The van der Waals surface area contributed by atoms with Crippen LogP contribution in [0.5, 0.6) is 0 Å². The fraction of sp³-hybridized carbons (Fsp3) is 0.0250. The number of nitrogens with zero attached hydrogens (tertiary/aromatic N) is 2. The zero-order chi connectivity index (χ0) is 39.2. The van der Waals surface area contributed by atoms with Gasteiger partial charge in [-0.25, -0.2) is 4.98 Å². The van der Waals surface area contributed by atoms with Crippen molar-refractivity contribution < 1.29 is 17.8 Å². The van der Waals surface area contributed by atoms with Gasteiger partial charge in [-0.3, -0.25) is 4.57 Å². The zero-order valence-corrected chi connectivity index (χ0v) is 22.1. The summed E-state index contributed by atoms with van der Waals surface area (Å²) < 4.78 is 113. The van der Waals surface area contributed by atoms with Crippen molar-refractivity contribution in [3.8, 4) is 39.1 Å². The molecular weight excluding hydrogens is 508 g/mol. The second-order valence-electron chi connectivity index (χ2n) is 9.83. The smallest absolute Gasteiger partial charge is 0.111 e. The lowest BCUT2D eigenvalue weighted by Gasteiger charge is -2.21. The Hall–Kier alpha value is -5.47. The molecule has 0 amide bonds. The fourth-order valence-electron chi connectivity index (χ4n) is 5.81. The van der Waals surface area contributed by atoms with Gasteiger partial charge in [0, 0.05) is 9.68 Å². The average Bonchev–Trinajstić information content (AvgIpc) is 3.58. The van der Waals surface area contributed by atoms with E-state index in [2.05, 4.69) is 4.98 Å². The first-order valence-electron chi connectivity index (χ1n) is 19.8. The lowest BCUT2D eigenvalue weighted by atomic mass is 9.84. The minimum Gasteiger partial charge on any atom is -0.296 e. The van der Waals surface area contributed by atoms with Crippen molar-refractivity contribution >= 4 is 32.6 Å². The van der Waals surface area contributed by atoms with Crippen LogP contribution in [0.25, 0.3) is 71.6 Å². The molecule has 0 spiro atoms. The Kier molecular flexibility index (Phi) is 3.39. The molecular formula is C40H28N2. The third-order valence-corrected chi connectivity index (χ3v) is 7.54. The standard InChI is InChI=1S/C40H28N2/c1-27-41-36-21-11-13-23-38(36)42(27)37-22-12-10-20-34(37)40-32-19-9-8-18-31(32)39(29-16-6-3-7-17-29)35-26-30(24-25-33(35)40)28-14-4-2-5-15-28/h2-26H,1H3/i1D3,2D,3D,4D,5D,6D,7D,14D,15D,16D,17D. The second kappa shape index (κ2) is 9.87. The maximum atomic E-state index is 9.03.